The van der Waals surface area contributed by atoms with Crippen molar-refractivity contribution in [3.63, 3.8) is 0 Å². The first-order valence-corrected chi connectivity index (χ1v) is 6.72. The lowest BCUT2D eigenvalue weighted by atomic mass is 9.92. The lowest BCUT2D eigenvalue weighted by Crippen LogP contribution is -2.44. The van der Waals surface area contributed by atoms with Crippen LogP contribution in [0.15, 0.2) is 0 Å². The number of alkyl halides is 3. The molecule has 0 aromatic carbocycles. The van der Waals surface area contributed by atoms with Crippen LogP contribution in [0.25, 0.3) is 0 Å². The van der Waals surface area contributed by atoms with Crippen LogP contribution in [0.3, 0.4) is 0 Å². The average molecular weight is 297 g/mol. The zero-order valence-corrected chi connectivity index (χ0v) is 12.0. The first-order valence-electron chi connectivity index (χ1n) is 6.72. The molecule has 0 aliphatic carbocycles. The number of nitrogens with zero attached hydrogens (tertiary/aromatic N) is 1. The zero-order valence-electron chi connectivity index (χ0n) is 12.0. The fourth-order valence-electron chi connectivity index (χ4n) is 2.20. The number of aliphatic hydroxyl groups excluding tert-OH is 1. The van der Waals surface area contributed by atoms with Crippen LogP contribution in [0.1, 0.15) is 40.0 Å². The van der Waals surface area contributed by atoms with Crippen LogP contribution in [0.4, 0.5) is 18.0 Å². The van der Waals surface area contributed by atoms with E-state index in [1.54, 1.807) is 20.8 Å². The normalized spacial score (nSPS) is 22.6. The number of piperidine rings is 1. The maximum absolute atomic E-state index is 12.3. The molecular formula is C13H22F3NO3. The molecule has 1 N–H and O–H groups in total. The molecule has 0 radical (unpaired) electrons. The molecule has 1 rings (SSSR count). The van der Waals surface area contributed by atoms with Gasteiger partial charge in [0.25, 0.3) is 0 Å². The predicted molar refractivity (Wildman–Crippen MR) is 67.2 cm³/mol. The van der Waals surface area contributed by atoms with Gasteiger partial charge in [0, 0.05) is 13.1 Å². The minimum atomic E-state index is -4.60. The van der Waals surface area contributed by atoms with Crippen molar-refractivity contribution < 1.29 is 27.8 Å². The fraction of sp³-hybridized carbons (Fsp3) is 0.923. The first-order chi connectivity index (χ1) is 8.99. The van der Waals surface area contributed by atoms with Crippen LogP contribution in [0.2, 0.25) is 0 Å². The van der Waals surface area contributed by atoms with Crippen LogP contribution in [-0.4, -0.2) is 47.1 Å². The molecule has 0 aromatic rings. The number of aliphatic hydroxyl groups is 1. The Morgan fingerprint density at radius 3 is 2.50 bits per heavy atom. The monoisotopic (exact) mass is 297 g/mol. The van der Waals surface area contributed by atoms with Gasteiger partial charge < -0.3 is 14.7 Å². The maximum Gasteiger partial charge on any atom is 0.414 e. The maximum atomic E-state index is 12.3. The predicted octanol–water partition coefficient (Wildman–Crippen LogP) is 2.95. The molecule has 0 aromatic heterocycles. The van der Waals surface area contributed by atoms with Crippen molar-refractivity contribution in [1.82, 2.24) is 4.90 Å². The number of carbonyl (C=O) groups excluding carboxylic acids is 1. The van der Waals surface area contributed by atoms with Crippen molar-refractivity contribution in [2.24, 2.45) is 5.92 Å². The average Bonchev–Trinajstić information content (AvgIpc) is 2.25. The van der Waals surface area contributed by atoms with E-state index in [0.717, 1.165) is 0 Å². The number of likely N-dealkylation sites (tertiary alicyclic amines) is 1. The van der Waals surface area contributed by atoms with Crippen molar-refractivity contribution in [3.8, 4) is 0 Å². The van der Waals surface area contributed by atoms with Gasteiger partial charge in [0.15, 0.2) is 0 Å². The first kappa shape index (κ1) is 17.1. The summed E-state index contributed by atoms with van der Waals surface area (Å²) in [5.41, 5.74) is -0.629. The molecule has 0 spiro atoms. The Morgan fingerprint density at radius 1 is 1.40 bits per heavy atom. The molecule has 1 aliphatic rings. The van der Waals surface area contributed by atoms with Crippen molar-refractivity contribution in [2.45, 2.75) is 57.9 Å². The molecule has 118 valence electrons. The Morgan fingerprint density at radius 2 is 2.00 bits per heavy atom. The molecule has 1 aliphatic heterocycles. The number of carbonyl (C=O) groups is 1. The third kappa shape index (κ3) is 5.56. The Balaban J connectivity index is 2.52. The summed E-state index contributed by atoms with van der Waals surface area (Å²) < 4.78 is 42.2. The van der Waals surface area contributed by atoms with Gasteiger partial charge in [-0.15, -0.1) is 0 Å². The molecule has 0 saturated carbocycles. The summed E-state index contributed by atoms with van der Waals surface area (Å²) in [6.45, 7) is 5.88. The molecule has 0 bridgehead atoms. The van der Waals surface area contributed by atoms with Gasteiger partial charge >= 0.3 is 12.3 Å². The highest BCUT2D eigenvalue weighted by Crippen LogP contribution is 2.29. The number of ether oxygens (including phenoxy) is 1. The van der Waals surface area contributed by atoms with E-state index in [2.05, 4.69) is 0 Å². The molecule has 4 nitrogen and oxygen atoms in total. The van der Waals surface area contributed by atoms with Crippen LogP contribution in [-0.2, 0) is 4.74 Å². The smallest absolute Gasteiger partial charge is 0.414 e. The number of hydrogen-bond donors (Lipinski definition) is 1. The van der Waals surface area contributed by atoms with E-state index in [9.17, 15) is 18.0 Å². The molecule has 1 heterocycles. The van der Waals surface area contributed by atoms with E-state index in [0.29, 0.717) is 19.4 Å². The second kappa shape index (κ2) is 6.20. The summed E-state index contributed by atoms with van der Waals surface area (Å²) in [4.78, 5) is 13.3. The molecule has 1 amide bonds. The van der Waals surface area contributed by atoms with E-state index in [-0.39, 0.29) is 18.9 Å². The van der Waals surface area contributed by atoms with Crippen molar-refractivity contribution in [3.05, 3.63) is 0 Å². The number of amides is 1. The summed E-state index contributed by atoms with van der Waals surface area (Å²) in [7, 11) is 0. The highest BCUT2D eigenvalue weighted by molar-refractivity contribution is 5.68. The van der Waals surface area contributed by atoms with Gasteiger partial charge in [0.2, 0.25) is 0 Å². The summed E-state index contributed by atoms with van der Waals surface area (Å²) in [6, 6.07) is 0. The van der Waals surface area contributed by atoms with Crippen molar-refractivity contribution >= 4 is 6.09 Å². The van der Waals surface area contributed by atoms with Gasteiger partial charge in [0.05, 0.1) is 0 Å². The quantitative estimate of drug-likeness (QED) is 0.852. The SMILES string of the molecule is CC(C)(C)OC(=O)N1CCCC(CC(O)C(F)(F)F)C1. The topological polar surface area (TPSA) is 49.8 Å². The minimum absolute atomic E-state index is 0.196. The van der Waals surface area contributed by atoms with E-state index >= 15 is 0 Å². The molecule has 20 heavy (non-hydrogen) atoms. The van der Waals surface area contributed by atoms with Gasteiger partial charge in [-0.05, 0) is 46.0 Å². The van der Waals surface area contributed by atoms with Crippen LogP contribution in [0.5, 0.6) is 0 Å². The number of halogens is 3. The van der Waals surface area contributed by atoms with Gasteiger partial charge in [0.1, 0.15) is 11.7 Å². The molecule has 7 heteroatoms. The van der Waals surface area contributed by atoms with Crippen LogP contribution >= 0.6 is 0 Å². The molecular weight excluding hydrogens is 275 g/mol. The van der Waals surface area contributed by atoms with Crippen molar-refractivity contribution in [1.29, 1.82) is 0 Å². The van der Waals surface area contributed by atoms with Gasteiger partial charge in [-0.25, -0.2) is 4.79 Å². The standard InChI is InChI=1S/C13H22F3NO3/c1-12(2,3)20-11(19)17-6-4-5-9(8-17)7-10(18)13(14,15)16/h9-10,18H,4-8H2,1-3H3. The highest BCUT2D eigenvalue weighted by Gasteiger charge is 2.40. The Kier molecular flexibility index (Phi) is 5.29. The van der Waals surface area contributed by atoms with E-state index < -0.39 is 24.0 Å². The van der Waals surface area contributed by atoms with E-state index in [4.69, 9.17) is 9.84 Å². The lowest BCUT2D eigenvalue weighted by Gasteiger charge is -2.35. The molecule has 1 fully saturated rings. The Labute approximate surface area is 116 Å². The second-order valence-corrected chi connectivity index (χ2v) is 6.23. The second-order valence-electron chi connectivity index (χ2n) is 6.23. The Hall–Kier alpha value is -0.980. The van der Waals surface area contributed by atoms with Gasteiger partial charge in [-0.3, -0.25) is 0 Å². The van der Waals surface area contributed by atoms with E-state index in [1.165, 1.54) is 4.90 Å². The van der Waals surface area contributed by atoms with Crippen LogP contribution < -0.4 is 0 Å². The summed E-state index contributed by atoms with van der Waals surface area (Å²) in [6.07, 6.45) is -6.62. The van der Waals surface area contributed by atoms with Gasteiger partial charge in [-0.2, -0.15) is 13.2 Å². The minimum Gasteiger partial charge on any atom is -0.444 e. The molecule has 2 unspecified atom stereocenters. The number of hydrogen-bond acceptors (Lipinski definition) is 3. The van der Waals surface area contributed by atoms with Crippen LogP contribution in [0, 0.1) is 5.92 Å². The Bertz CT molecular complexity index is 339. The molecule has 2 atom stereocenters. The summed E-state index contributed by atoms with van der Waals surface area (Å²) in [5, 5.41) is 9.09. The zero-order chi connectivity index (χ0) is 15.6. The number of rotatable bonds is 2. The lowest BCUT2D eigenvalue weighted by molar-refractivity contribution is -0.209. The molecule has 1 saturated heterocycles. The summed E-state index contributed by atoms with van der Waals surface area (Å²) in [5.74, 6) is -0.354. The largest absolute Gasteiger partial charge is 0.444 e. The van der Waals surface area contributed by atoms with E-state index in [1.807, 2.05) is 0 Å². The van der Waals surface area contributed by atoms with Crippen molar-refractivity contribution in [2.75, 3.05) is 13.1 Å². The third-order valence-corrected chi connectivity index (χ3v) is 3.11. The summed E-state index contributed by atoms with van der Waals surface area (Å²) >= 11 is 0. The third-order valence-electron chi connectivity index (χ3n) is 3.11. The fourth-order valence-corrected chi connectivity index (χ4v) is 2.20. The highest BCUT2D eigenvalue weighted by atomic mass is 19.4. The van der Waals surface area contributed by atoms with Gasteiger partial charge in [-0.1, -0.05) is 0 Å².